The van der Waals surface area contributed by atoms with E-state index in [2.05, 4.69) is 15.8 Å². The molecule has 0 aliphatic rings. The highest BCUT2D eigenvalue weighted by Gasteiger charge is 2.16. The molecule has 206 valence electrons. The van der Waals surface area contributed by atoms with Gasteiger partial charge in [-0.1, -0.05) is 30.3 Å². The molecule has 2 N–H and O–H groups in total. The summed E-state index contributed by atoms with van der Waals surface area (Å²) in [5.41, 5.74) is 3.96. The number of hydrogen-bond donors (Lipinski definition) is 2. The maximum Gasteiger partial charge on any atom is 0.343 e. The molecular weight excluding hydrogens is 528 g/mol. The Labute approximate surface area is 234 Å². The molecule has 0 saturated carbocycles. The minimum absolute atomic E-state index is 0.131. The molecule has 11 nitrogen and oxygen atoms in total. The van der Waals surface area contributed by atoms with E-state index in [0.717, 1.165) is 0 Å². The lowest BCUT2D eigenvalue weighted by atomic mass is 10.1. The smallest absolute Gasteiger partial charge is 0.343 e. The fourth-order valence-corrected chi connectivity index (χ4v) is 3.64. The van der Waals surface area contributed by atoms with Crippen molar-refractivity contribution in [1.29, 1.82) is 0 Å². The second-order valence-corrected chi connectivity index (χ2v) is 8.40. The molecular formula is C30H24N4O7. The van der Waals surface area contributed by atoms with E-state index in [1.807, 2.05) is 0 Å². The van der Waals surface area contributed by atoms with Gasteiger partial charge in [0.05, 0.1) is 34.6 Å². The van der Waals surface area contributed by atoms with Gasteiger partial charge in [0.25, 0.3) is 17.5 Å². The largest absolute Gasteiger partial charge is 0.490 e. The van der Waals surface area contributed by atoms with Crippen molar-refractivity contribution < 1.29 is 28.8 Å². The predicted octanol–water partition coefficient (Wildman–Crippen LogP) is 5.23. The van der Waals surface area contributed by atoms with Crippen LogP contribution in [0.4, 0.5) is 11.4 Å². The summed E-state index contributed by atoms with van der Waals surface area (Å²) in [5.74, 6) is -1.21. The number of hydrazone groups is 1. The highest BCUT2D eigenvalue weighted by Crippen LogP contribution is 2.29. The number of benzene rings is 4. The van der Waals surface area contributed by atoms with Crippen molar-refractivity contribution in [3.63, 3.8) is 0 Å². The summed E-state index contributed by atoms with van der Waals surface area (Å²) >= 11 is 0. The van der Waals surface area contributed by atoms with Gasteiger partial charge in [0.1, 0.15) is 0 Å². The van der Waals surface area contributed by atoms with E-state index in [9.17, 15) is 24.5 Å². The predicted molar refractivity (Wildman–Crippen MR) is 152 cm³/mol. The molecule has 0 radical (unpaired) electrons. The molecule has 11 heteroatoms. The minimum Gasteiger partial charge on any atom is -0.490 e. The summed E-state index contributed by atoms with van der Waals surface area (Å²) in [6.07, 6.45) is 1.38. The van der Waals surface area contributed by atoms with Gasteiger partial charge in [0.2, 0.25) is 0 Å². The van der Waals surface area contributed by atoms with Gasteiger partial charge in [-0.15, -0.1) is 0 Å². The van der Waals surface area contributed by atoms with Crippen molar-refractivity contribution in [2.45, 2.75) is 6.92 Å². The molecule has 0 aliphatic heterocycles. The van der Waals surface area contributed by atoms with E-state index >= 15 is 0 Å². The van der Waals surface area contributed by atoms with Crippen LogP contribution in [0.2, 0.25) is 0 Å². The highest BCUT2D eigenvalue weighted by molar-refractivity contribution is 6.09. The van der Waals surface area contributed by atoms with Gasteiger partial charge in [0.15, 0.2) is 11.5 Å². The number of esters is 1. The lowest BCUT2D eigenvalue weighted by Gasteiger charge is -2.11. The van der Waals surface area contributed by atoms with Crippen LogP contribution in [0.1, 0.15) is 43.6 Å². The number of nitrogens with zero attached hydrogens (tertiary/aromatic N) is 2. The van der Waals surface area contributed by atoms with Crippen LogP contribution in [-0.4, -0.2) is 35.5 Å². The number of nitrogens with one attached hydrogen (secondary N) is 2. The Balaban J connectivity index is 1.43. The van der Waals surface area contributed by atoms with Crippen LogP contribution >= 0.6 is 0 Å². The number of para-hydroxylation sites is 1. The summed E-state index contributed by atoms with van der Waals surface area (Å²) in [5, 5.41) is 17.6. The van der Waals surface area contributed by atoms with Crippen molar-refractivity contribution in [2.24, 2.45) is 5.10 Å². The number of ether oxygens (including phenoxy) is 2. The molecule has 0 saturated heterocycles. The first-order valence-corrected chi connectivity index (χ1v) is 12.4. The monoisotopic (exact) mass is 552 g/mol. The molecule has 0 heterocycles. The summed E-state index contributed by atoms with van der Waals surface area (Å²) in [4.78, 5) is 48.2. The molecule has 0 atom stereocenters. The molecule has 4 aromatic carbocycles. The third kappa shape index (κ3) is 7.39. The number of nitro groups is 1. The molecule has 0 aliphatic carbocycles. The van der Waals surface area contributed by atoms with Crippen molar-refractivity contribution >= 4 is 35.4 Å². The zero-order valence-electron chi connectivity index (χ0n) is 21.8. The van der Waals surface area contributed by atoms with Crippen molar-refractivity contribution in [2.75, 3.05) is 11.9 Å². The molecule has 2 amide bonds. The molecule has 0 spiro atoms. The van der Waals surface area contributed by atoms with E-state index in [4.69, 9.17) is 9.47 Å². The number of amides is 2. The third-order valence-corrected chi connectivity index (χ3v) is 5.62. The average molecular weight is 553 g/mol. The molecule has 0 bridgehead atoms. The summed E-state index contributed by atoms with van der Waals surface area (Å²) in [6.45, 7) is 2.04. The van der Waals surface area contributed by atoms with E-state index in [0.29, 0.717) is 16.8 Å². The molecule has 0 fully saturated rings. The highest BCUT2D eigenvalue weighted by atomic mass is 16.6. The van der Waals surface area contributed by atoms with Crippen molar-refractivity contribution in [3.05, 3.63) is 129 Å². The normalized spacial score (nSPS) is 10.6. The quantitative estimate of drug-likeness (QED) is 0.0899. The number of carbonyl (C=O) groups is 3. The molecule has 0 unspecified atom stereocenters. The van der Waals surface area contributed by atoms with Crippen LogP contribution in [0.5, 0.6) is 11.5 Å². The van der Waals surface area contributed by atoms with Gasteiger partial charge in [-0.25, -0.2) is 10.2 Å². The topological polar surface area (TPSA) is 149 Å². The Morgan fingerprint density at radius 3 is 2.27 bits per heavy atom. The van der Waals surface area contributed by atoms with Gasteiger partial charge >= 0.3 is 5.97 Å². The van der Waals surface area contributed by atoms with Crippen LogP contribution < -0.4 is 20.2 Å². The van der Waals surface area contributed by atoms with Crippen molar-refractivity contribution in [3.8, 4) is 11.5 Å². The maximum atomic E-state index is 12.8. The number of rotatable bonds is 10. The maximum absolute atomic E-state index is 12.8. The molecule has 4 aromatic rings. The van der Waals surface area contributed by atoms with Gasteiger partial charge in [-0.05, 0) is 67.1 Å². The molecule has 0 aromatic heterocycles. The fraction of sp³-hybridized carbons (Fsp3) is 0.0667. The summed E-state index contributed by atoms with van der Waals surface area (Å²) in [7, 11) is 0. The zero-order chi connectivity index (χ0) is 29.2. The van der Waals surface area contributed by atoms with Crippen LogP contribution in [0.25, 0.3) is 0 Å². The first-order valence-electron chi connectivity index (χ1n) is 12.4. The lowest BCUT2D eigenvalue weighted by Crippen LogP contribution is -2.21. The lowest BCUT2D eigenvalue weighted by molar-refractivity contribution is -0.384. The van der Waals surface area contributed by atoms with Gasteiger partial charge in [-0.2, -0.15) is 5.10 Å². The standard InChI is InChI=1S/C30H24N4O7/c1-2-40-27-18-20(12-17-26(27)41-30(37)22-13-15-23(16-14-22)34(38)39)19-31-33-29(36)24-10-6-7-11-25(24)32-28(35)21-8-4-3-5-9-21/h3-19H,2H2,1H3,(H,32,35)(H,33,36)/b31-19-. The fourth-order valence-electron chi connectivity index (χ4n) is 3.64. The number of carbonyl (C=O) groups excluding carboxylic acids is 3. The van der Waals surface area contributed by atoms with Gasteiger partial charge in [-0.3, -0.25) is 19.7 Å². The first kappa shape index (κ1) is 28.2. The van der Waals surface area contributed by atoms with Gasteiger partial charge < -0.3 is 14.8 Å². The Bertz CT molecular complexity index is 1600. The van der Waals surface area contributed by atoms with Crippen LogP contribution in [0.15, 0.2) is 102 Å². The number of hydrogen-bond acceptors (Lipinski definition) is 8. The second-order valence-electron chi connectivity index (χ2n) is 8.40. The molecule has 4 rings (SSSR count). The van der Waals surface area contributed by atoms with E-state index in [1.54, 1.807) is 73.7 Å². The van der Waals surface area contributed by atoms with Crippen molar-refractivity contribution in [1.82, 2.24) is 5.43 Å². The second kappa shape index (κ2) is 13.3. The number of non-ortho nitro benzene ring substituents is 1. The van der Waals surface area contributed by atoms with Crippen LogP contribution in [0, 0.1) is 10.1 Å². The van der Waals surface area contributed by atoms with Gasteiger partial charge in [0, 0.05) is 17.7 Å². The number of anilines is 1. The number of nitro benzene ring substituents is 1. The average Bonchev–Trinajstić information content (AvgIpc) is 2.99. The van der Waals surface area contributed by atoms with E-state index in [1.165, 1.54) is 36.5 Å². The summed E-state index contributed by atoms with van der Waals surface area (Å²) in [6, 6.07) is 24.9. The van der Waals surface area contributed by atoms with E-state index < -0.39 is 16.8 Å². The molecule has 41 heavy (non-hydrogen) atoms. The SMILES string of the molecule is CCOc1cc(/C=N\NC(=O)c2ccccc2NC(=O)c2ccccc2)ccc1OC(=O)c1ccc([N+](=O)[O-])cc1. The third-order valence-electron chi connectivity index (χ3n) is 5.62. The minimum atomic E-state index is -0.715. The Morgan fingerprint density at radius 1 is 0.854 bits per heavy atom. The first-order chi connectivity index (χ1) is 19.9. The van der Waals surface area contributed by atoms with Crippen LogP contribution in [0.3, 0.4) is 0 Å². The Hall–Kier alpha value is -5.84. The zero-order valence-corrected chi connectivity index (χ0v) is 21.8. The summed E-state index contributed by atoms with van der Waals surface area (Å²) < 4.78 is 11.0. The Morgan fingerprint density at radius 2 is 1.56 bits per heavy atom. The Kier molecular flexibility index (Phi) is 9.13. The van der Waals surface area contributed by atoms with Crippen LogP contribution in [-0.2, 0) is 0 Å². The van der Waals surface area contributed by atoms with E-state index in [-0.39, 0.29) is 40.8 Å².